The van der Waals surface area contributed by atoms with Crippen molar-refractivity contribution in [3.8, 4) is 0 Å². The topological polar surface area (TPSA) is 29.1 Å². The largest absolute Gasteiger partial charge is 0.419 e. The number of nitrogens with one attached hydrogen (secondary N) is 1. The standard InChI is InChI=1S/C12H12ClF4NO/c1-2-7(13)6-18-11(19)8-4-3-5-9(10(8)14)12(15,16)17/h3-5,7H,2,6H2,1H3,(H,18,19). The van der Waals surface area contributed by atoms with Gasteiger partial charge in [-0.3, -0.25) is 4.79 Å². The van der Waals surface area contributed by atoms with Crippen LogP contribution in [0.5, 0.6) is 0 Å². The first-order valence-corrected chi connectivity index (χ1v) is 5.99. The molecule has 1 unspecified atom stereocenters. The lowest BCUT2D eigenvalue weighted by Crippen LogP contribution is -2.30. The quantitative estimate of drug-likeness (QED) is 0.668. The molecule has 0 aliphatic rings. The first-order chi connectivity index (χ1) is 8.77. The highest BCUT2D eigenvalue weighted by Crippen LogP contribution is 2.32. The van der Waals surface area contributed by atoms with E-state index >= 15 is 0 Å². The van der Waals surface area contributed by atoms with E-state index in [4.69, 9.17) is 11.6 Å². The van der Waals surface area contributed by atoms with Crippen LogP contribution in [0, 0.1) is 5.82 Å². The highest BCUT2D eigenvalue weighted by Gasteiger charge is 2.35. The van der Waals surface area contributed by atoms with E-state index in [1.807, 2.05) is 0 Å². The lowest BCUT2D eigenvalue weighted by atomic mass is 10.1. The molecule has 0 heterocycles. The van der Waals surface area contributed by atoms with E-state index in [0.717, 1.165) is 12.1 Å². The fraction of sp³-hybridized carbons (Fsp3) is 0.417. The zero-order valence-corrected chi connectivity index (χ0v) is 10.8. The first-order valence-electron chi connectivity index (χ1n) is 5.55. The van der Waals surface area contributed by atoms with Crippen LogP contribution in [0.15, 0.2) is 18.2 Å². The van der Waals surface area contributed by atoms with Gasteiger partial charge in [-0.15, -0.1) is 11.6 Å². The maximum Gasteiger partial charge on any atom is 0.419 e. The highest BCUT2D eigenvalue weighted by molar-refractivity contribution is 6.20. The average Bonchev–Trinajstić information content (AvgIpc) is 2.34. The molecule has 0 bridgehead atoms. The molecule has 0 radical (unpaired) electrons. The summed E-state index contributed by atoms with van der Waals surface area (Å²) >= 11 is 5.75. The second kappa shape index (κ2) is 6.23. The van der Waals surface area contributed by atoms with E-state index in [9.17, 15) is 22.4 Å². The number of hydrogen-bond acceptors (Lipinski definition) is 1. The van der Waals surface area contributed by atoms with Crippen molar-refractivity contribution in [3.05, 3.63) is 35.1 Å². The zero-order valence-electron chi connectivity index (χ0n) is 10.0. The van der Waals surface area contributed by atoms with Crippen molar-refractivity contribution in [2.45, 2.75) is 24.9 Å². The third-order valence-corrected chi connectivity index (χ3v) is 2.94. The molecule has 7 heteroatoms. The smallest absolute Gasteiger partial charge is 0.350 e. The van der Waals surface area contributed by atoms with Crippen LogP contribution in [0.1, 0.15) is 29.3 Å². The van der Waals surface area contributed by atoms with Crippen molar-refractivity contribution in [3.63, 3.8) is 0 Å². The number of amides is 1. The summed E-state index contributed by atoms with van der Waals surface area (Å²) in [6, 6.07) is 2.57. The molecule has 0 saturated heterocycles. The molecule has 0 aromatic heterocycles. The number of carbonyl (C=O) groups excluding carboxylic acids is 1. The molecule has 106 valence electrons. The lowest BCUT2D eigenvalue weighted by molar-refractivity contribution is -0.140. The molecule has 0 saturated carbocycles. The van der Waals surface area contributed by atoms with Gasteiger partial charge in [0.05, 0.1) is 16.5 Å². The Bertz CT molecular complexity index is 462. The van der Waals surface area contributed by atoms with Gasteiger partial charge in [0.2, 0.25) is 0 Å². The van der Waals surface area contributed by atoms with Crippen LogP contribution in [0.2, 0.25) is 0 Å². The summed E-state index contributed by atoms with van der Waals surface area (Å²) in [5.41, 5.74) is -2.10. The van der Waals surface area contributed by atoms with Crippen LogP contribution < -0.4 is 5.32 Å². The molecule has 0 aliphatic carbocycles. The van der Waals surface area contributed by atoms with Gasteiger partial charge in [-0.2, -0.15) is 13.2 Å². The normalized spacial score (nSPS) is 13.2. The molecular formula is C12H12ClF4NO. The minimum absolute atomic E-state index is 0.0621. The summed E-state index contributed by atoms with van der Waals surface area (Å²) in [6.07, 6.45) is -4.26. The van der Waals surface area contributed by atoms with Gasteiger partial charge in [-0.1, -0.05) is 13.0 Å². The average molecular weight is 298 g/mol. The van der Waals surface area contributed by atoms with E-state index in [1.54, 1.807) is 6.92 Å². The van der Waals surface area contributed by atoms with Crippen molar-refractivity contribution in [1.29, 1.82) is 0 Å². The Morgan fingerprint density at radius 2 is 2.05 bits per heavy atom. The van der Waals surface area contributed by atoms with Crippen LogP contribution >= 0.6 is 11.6 Å². The molecule has 1 atom stereocenters. The Hall–Kier alpha value is -1.30. The lowest BCUT2D eigenvalue weighted by Gasteiger charge is -2.12. The van der Waals surface area contributed by atoms with Gasteiger partial charge in [-0.25, -0.2) is 4.39 Å². The number of hydrogen-bond donors (Lipinski definition) is 1. The summed E-state index contributed by atoms with van der Waals surface area (Å²) in [4.78, 5) is 11.6. The number of benzene rings is 1. The third kappa shape index (κ3) is 4.09. The number of carbonyl (C=O) groups is 1. The summed E-state index contributed by atoms with van der Waals surface area (Å²) < 4.78 is 51.0. The second-order valence-corrected chi connectivity index (χ2v) is 4.50. The Morgan fingerprint density at radius 1 is 1.42 bits per heavy atom. The van der Waals surface area contributed by atoms with Crippen molar-refractivity contribution >= 4 is 17.5 Å². The molecule has 0 aliphatic heterocycles. The van der Waals surface area contributed by atoms with Crippen LogP contribution in [0.4, 0.5) is 17.6 Å². The monoisotopic (exact) mass is 297 g/mol. The van der Waals surface area contributed by atoms with E-state index < -0.39 is 29.0 Å². The maximum atomic E-state index is 13.6. The summed E-state index contributed by atoms with van der Waals surface area (Å²) in [5.74, 6) is -2.49. The summed E-state index contributed by atoms with van der Waals surface area (Å²) in [7, 11) is 0. The van der Waals surface area contributed by atoms with Crippen LogP contribution in [-0.4, -0.2) is 17.8 Å². The van der Waals surface area contributed by atoms with Crippen molar-refractivity contribution in [2.24, 2.45) is 0 Å². The first kappa shape index (κ1) is 15.8. The van der Waals surface area contributed by atoms with Crippen molar-refractivity contribution < 1.29 is 22.4 Å². The minimum atomic E-state index is -4.83. The van der Waals surface area contributed by atoms with E-state index in [1.165, 1.54) is 0 Å². The van der Waals surface area contributed by atoms with Crippen LogP contribution in [0.3, 0.4) is 0 Å². The van der Waals surface area contributed by atoms with Crippen LogP contribution in [-0.2, 0) is 6.18 Å². The molecule has 2 nitrogen and oxygen atoms in total. The SMILES string of the molecule is CCC(Cl)CNC(=O)c1cccc(C(F)(F)F)c1F. The zero-order chi connectivity index (χ0) is 14.6. The number of halogens is 5. The molecule has 1 rings (SSSR count). The molecule has 19 heavy (non-hydrogen) atoms. The summed E-state index contributed by atoms with van der Waals surface area (Å²) in [6.45, 7) is 1.85. The van der Waals surface area contributed by atoms with E-state index in [0.29, 0.717) is 12.5 Å². The molecule has 1 aromatic carbocycles. The van der Waals surface area contributed by atoms with Gasteiger partial charge in [-0.05, 0) is 18.6 Å². The Morgan fingerprint density at radius 3 is 2.58 bits per heavy atom. The van der Waals surface area contributed by atoms with Gasteiger partial charge in [0, 0.05) is 6.54 Å². The summed E-state index contributed by atoms with van der Waals surface area (Å²) in [5, 5.41) is 1.94. The van der Waals surface area contributed by atoms with Gasteiger partial charge >= 0.3 is 6.18 Å². The van der Waals surface area contributed by atoms with E-state index in [-0.39, 0.29) is 11.9 Å². The Labute approximate surface area is 112 Å². The van der Waals surface area contributed by atoms with Crippen molar-refractivity contribution in [1.82, 2.24) is 5.32 Å². The van der Waals surface area contributed by atoms with E-state index in [2.05, 4.69) is 5.32 Å². The maximum absolute atomic E-state index is 13.6. The molecule has 1 N–H and O–H groups in total. The fourth-order valence-electron chi connectivity index (χ4n) is 1.37. The number of alkyl halides is 4. The van der Waals surface area contributed by atoms with Gasteiger partial charge in [0.1, 0.15) is 5.82 Å². The van der Waals surface area contributed by atoms with Gasteiger partial charge in [0.15, 0.2) is 0 Å². The van der Waals surface area contributed by atoms with Crippen LogP contribution in [0.25, 0.3) is 0 Å². The molecule has 0 spiro atoms. The van der Waals surface area contributed by atoms with Crippen molar-refractivity contribution in [2.75, 3.05) is 6.54 Å². The van der Waals surface area contributed by atoms with Gasteiger partial charge < -0.3 is 5.32 Å². The molecule has 0 fully saturated rings. The molecule has 1 aromatic rings. The third-order valence-electron chi connectivity index (χ3n) is 2.48. The Balaban J connectivity index is 2.93. The predicted octanol–water partition coefficient (Wildman–Crippen LogP) is 3.59. The molecule has 1 amide bonds. The Kier molecular flexibility index (Phi) is 5.17. The highest BCUT2D eigenvalue weighted by atomic mass is 35.5. The predicted molar refractivity (Wildman–Crippen MR) is 63.7 cm³/mol. The van der Waals surface area contributed by atoms with Gasteiger partial charge in [0.25, 0.3) is 5.91 Å². The fourth-order valence-corrected chi connectivity index (χ4v) is 1.45. The molecular weight excluding hydrogens is 286 g/mol. The second-order valence-electron chi connectivity index (χ2n) is 3.88. The number of rotatable bonds is 4. The minimum Gasteiger partial charge on any atom is -0.350 e.